The van der Waals surface area contributed by atoms with E-state index in [2.05, 4.69) is 19.6 Å². The number of carbonyl (C=O) groups excluding carboxylic acids is 1. The summed E-state index contributed by atoms with van der Waals surface area (Å²) in [5.74, 6) is 1.19. The van der Waals surface area contributed by atoms with E-state index in [4.69, 9.17) is 0 Å². The summed E-state index contributed by atoms with van der Waals surface area (Å²) in [4.78, 5) is 25.1. The van der Waals surface area contributed by atoms with Crippen molar-refractivity contribution < 1.29 is 13.2 Å². The maximum atomic E-state index is 12.6. The number of hydrogen-bond acceptors (Lipinski definition) is 6. The molecule has 1 fully saturated rings. The van der Waals surface area contributed by atoms with Crippen LogP contribution in [-0.2, 0) is 21.2 Å². The van der Waals surface area contributed by atoms with E-state index in [-0.39, 0.29) is 11.7 Å². The molecule has 162 valence electrons. The highest BCUT2D eigenvalue weighted by molar-refractivity contribution is 7.92. The SMILES string of the molecule is CC(C)CCS(=O)(=O)Nc1ccc(CC(=O)N2CCN(c3ncccn3)CC2)cc1. The first-order valence-corrected chi connectivity index (χ1v) is 11.9. The van der Waals surface area contributed by atoms with Crippen LogP contribution in [0.25, 0.3) is 0 Å². The van der Waals surface area contributed by atoms with Crippen molar-refractivity contribution >= 4 is 27.6 Å². The van der Waals surface area contributed by atoms with Crippen LogP contribution in [0.4, 0.5) is 11.6 Å². The molecule has 9 heteroatoms. The van der Waals surface area contributed by atoms with Gasteiger partial charge in [0.25, 0.3) is 0 Å². The number of anilines is 2. The third-order valence-electron chi connectivity index (χ3n) is 5.01. The maximum Gasteiger partial charge on any atom is 0.232 e. The Kier molecular flexibility index (Phi) is 7.25. The molecule has 1 saturated heterocycles. The first-order valence-electron chi connectivity index (χ1n) is 10.2. The van der Waals surface area contributed by atoms with Crippen LogP contribution in [0.2, 0.25) is 0 Å². The van der Waals surface area contributed by atoms with E-state index in [1.165, 1.54) is 0 Å². The number of aromatic nitrogens is 2. The van der Waals surface area contributed by atoms with Crippen LogP contribution in [-0.4, -0.2) is 61.1 Å². The number of sulfonamides is 1. The number of rotatable bonds is 8. The molecule has 0 aliphatic carbocycles. The zero-order valence-electron chi connectivity index (χ0n) is 17.5. The summed E-state index contributed by atoms with van der Waals surface area (Å²) in [6, 6.07) is 8.80. The van der Waals surface area contributed by atoms with E-state index < -0.39 is 10.0 Å². The van der Waals surface area contributed by atoms with Crippen molar-refractivity contribution in [2.24, 2.45) is 5.92 Å². The highest BCUT2D eigenvalue weighted by atomic mass is 32.2. The Morgan fingerprint density at radius 3 is 2.30 bits per heavy atom. The van der Waals surface area contributed by atoms with Crippen LogP contribution in [0.1, 0.15) is 25.8 Å². The molecule has 3 rings (SSSR count). The molecule has 8 nitrogen and oxygen atoms in total. The minimum Gasteiger partial charge on any atom is -0.339 e. The Labute approximate surface area is 178 Å². The van der Waals surface area contributed by atoms with Gasteiger partial charge in [0.05, 0.1) is 12.2 Å². The molecule has 2 heterocycles. The fourth-order valence-corrected chi connectivity index (χ4v) is 4.59. The predicted molar refractivity (Wildman–Crippen MR) is 118 cm³/mol. The number of benzene rings is 1. The lowest BCUT2D eigenvalue weighted by molar-refractivity contribution is -0.130. The van der Waals surface area contributed by atoms with Crippen molar-refractivity contribution in [2.75, 3.05) is 41.6 Å². The van der Waals surface area contributed by atoms with E-state index in [1.54, 1.807) is 42.7 Å². The van der Waals surface area contributed by atoms with Crippen molar-refractivity contribution in [1.29, 1.82) is 0 Å². The average molecular weight is 432 g/mol. The first kappa shape index (κ1) is 22.0. The second kappa shape index (κ2) is 9.88. The molecular formula is C21H29N5O3S. The van der Waals surface area contributed by atoms with Gasteiger partial charge >= 0.3 is 0 Å². The summed E-state index contributed by atoms with van der Waals surface area (Å²) >= 11 is 0. The highest BCUT2D eigenvalue weighted by Gasteiger charge is 2.22. The number of piperazine rings is 1. The zero-order chi connectivity index (χ0) is 21.6. The van der Waals surface area contributed by atoms with Crippen molar-refractivity contribution in [2.45, 2.75) is 26.7 Å². The van der Waals surface area contributed by atoms with Gasteiger partial charge in [-0.3, -0.25) is 9.52 Å². The van der Waals surface area contributed by atoms with Gasteiger partial charge in [-0.1, -0.05) is 26.0 Å². The van der Waals surface area contributed by atoms with Crippen molar-refractivity contribution in [3.8, 4) is 0 Å². The minimum absolute atomic E-state index is 0.0638. The smallest absolute Gasteiger partial charge is 0.232 e. The summed E-state index contributed by atoms with van der Waals surface area (Å²) < 4.78 is 26.8. The van der Waals surface area contributed by atoms with Crippen LogP contribution < -0.4 is 9.62 Å². The lowest BCUT2D eigenvalue weighted by Crippen LogP contribution is -2.49. The molecule has 1 N–H and O–H groups in total. The van der Waals surface area contributed by atoms with Gasteiger partial charge < -0.3 is 9.80 Å². The Morgan fingerprint density at radius 2 is 1.70 bits per heavy atom. The highest BCUT2D eigenvalue weighted by Crippen LogP contribution is 2.15. The number of hydrogen-bond donors (Lipinski definition) is 1. The van der Waals surface area contributed by atoms with E-state index in [0.29, 0.717) is 56.6 Å². The quantitative estimate of drug-likeness (QED) is 0.688. The normalized spacial score (nSPS) is 14.8. The molecule has 0 spiro atoms. The third kappa shape index (κ3) is 6.41. The molecule has 1 aliphatic rings. The van der Waals surface area contributed by atoms with Gasteiger partial charge in [-0.15, -0.1) is 0 Å². The molecule has 1 aromatic carbocycles. The summed E-state index contributed by atoms with van der Waals surface area (Å²) in [6.07, 6.45) is 4.34. The number of amides is 1. The Bertz CT molecular complexity index is 925. The first-order chi connectivity index (χ1) is 14.3. The standard InChI is InChI=1S/C21H29N5O3S/c1-17(2)8-15-30(28,29)24-19-6-4-18(5-7-19)16-20(27)25-11-13-26(14-12-25)21-22-9-3-10-23-21/h3-7,9-10,17,24H,8,11-16H2,1-2H3. The second-order valence-corrected chi connectivity index (χ2v) is 9.74. The van der Waals surface area contributed by atoms with Crippen molar-refractivity contribution in [3.63, 3.8) is 0 Å². The van der Waals surface area contributed by atoms with Crippen LogP contribution >= 0.6 is 0 Å². The van der Waals surface area contributed by atoms with E-state index in [9.17, 15) is 13.2 Å². The average Bonchev–Trinajstić information content (AvgIpc) is 2.74. The van der Waals surface area contributed by atoms with E-state index in [0.717, 1.165) is 5.56 Å². The van der Waals surface area contributed by atoms with Crippen LogP contribution in [0, 0.1) is 5.92 Å². The molecule has 1 aliphatic heterocycles. The summed E-state index contributed by atoms with van der Waals surface area (Å²) in [7, 11) is -3.35. The fourth-order valence-electron chi connectivity index (χ4n) is 3.21. The molecule has 30 heavy (non-hydrogen) atoms. The van der Waals surface area contributed by atoms with Gasteiger partial charge in [0.15, 0.2) is 0 Å². The molecule has 0 unspecified atom stereocenters. The third-order valence-corrected chi connectivity index (χ3v) is 6.33. The second-order valence-electron chi connectivity index (χ2n) is 7.89. The summed E-state index contributed by atoms with van der Waals surface area (Å²) in [5, 5.41) is 0. The lowest BCUT2D eigenvalue weighted by atomic mass is 10.1. The van der Waals surface area contributed by atoms with E-state index in [1.807, 2.05) is 18.7 Å². The molecule has 1 aromatic heterocycles. The largest absolute Gasteiger partial charge is 0.339 e. The minimum atomic E-state index is -3.35. The lowest BCUT2D eigenvalue weighted by Gasteiger charge is -2.34. The number of nitrogens with zero attached hydrogens (tertiary/aromatic N) is 4. The Morgan fingerprint density at radius 1 is 1.07 bits per heavy atom. The number of carbonyl (C=O) groups is 1. The van der Waals surface area contributed by atoms with Crippen LogP contribution in [0.3, 0.4) is 0 Å². The molecular weight excluding hydrogens is 402 g/mol. The van der Waals surface area contributed by atoms with Gasteiger partial charge in [0, 0.05) is 44.3 Å². The van der Waals surface area contributed by atoms with E-state index >= 15 is 0 Å². The Hall–Kier alpha value is -2.68. The van der Waals surface area contributed by atoms with Crippen LogP contribution in [0.5, 0.6) is 0 Å². The van der Waals surface area contributed by atoms with Crippen LogP contribution in [0.15, 0.2) is 42.7 Å². The molecule has 0 radical (unpaired) electrons. The topological polar surface area (TPSA) is 95.5 Å². The van der Waals surface area contributed by atoms with Gasteiger partial charge in [-0.05, 0) is 36.1 Å². The van der Waals surface area contributed by atoms with Crippen molar-refractivity contribution in [3.05, 3.63) is 48.3 Å². The maximum absolute atomic E-state index is 12.6. The van der Waals surface area contributed by atoms with Gasteiger partial charge in [-0.25, -0.2) is 18.4 Å². The monoisotopic (exact) mass is 431 g/mol. The van der Waals surface area contributed by atoms with Crippen molar-refractivity contribution in [1.82, 2.24) is 14.9 Å². The fraction of sp³-hybridized carbons (Fsp3) is 0.476. The zero-order valence-corrected chi connectivity index (χ0v) is 18.3. The van der Waals surface area contributed by atoms with Gasteiger partial charge in [0.2, 0.25) is 21.9 Å². The molecule has 0 atom stereocenters. The predicted octanol–water partition coefficient (Wildman–Crippen LogP) is 2.16. The molecule has 2 aromatic rings. The molecule has 1 amide bonds. The summed E-state index contributed by atoms with van der Waals surface area (Å²) in [6.45, 7) is 6.66. The molecule has 0 saturated carbocycles. The molecule has 0 bridgehead atoms. The van der Waals surface area contributed by atoms with Gasteiger partial charge in [0.1, 0.15) is 0 Å². The number of nitrogens with one attached hydrogen (secondary N) is 1. The summed E-state index contributed by atoms with van der Waals surface area (Å²) in [5.41, 5.74) is 1.38. The Balaban J connectivity index is 1.49. The van der Waals surface area contributed by atoms with Gasteiger partial charge in [-0.2, -0.15) is 0 Å².